The van der Waals surface area contributed by atoms with Gasteiger partial charge in [0.1, 0.15) is 18.4 Å². The molecule has 0 saturated carbocycles. The topological polar surface area (TPSA) is 103 Å². The highest BCUT2D eigenvalue weighted by Gasteiger charge is 2.20. The van der Waals surface area contributed by atoms with Crippen LogP contribution in [0.1, 0.15) is 22.9 Å². The molecule has 1 N–H and O–H groups in total. The molecule has 0 aliphatic rings. The fourth-order valence-electron chi connectivity index (χ4n) is 3.78. The van der Waals surface area contributed by atoms with Crippen LogP contribution in [-0.2, 0) is 6.61 Å². The first-order chi connectivity index (χ1) is 17.0. The second-order valence-electron chi connectivity index (χ2n) is 7.52. The highest BCUT2D eigenvalue weighted by Crippen LogP contribution is 2.31. The number of pyridine rings is 1. The molecule has 8 nitrogen and oxygen atoms in total. The highest BCUT2D eigenvalue weighted by molar-refractivity contribution is 6.31. The summed E-state index contributed by atoms with van der Waals surface area (Å²) in [7, 11) is 0. The molecule has 35 heavy (non-hydrogen) atoms. The predicted molar refractivity (Wildman–Crippen MR) is 132 cm³/mol. The van der Waals surface area contributed by atoms with Crippen molar-refractivity contribution in [3.05, 3.63) is 136 Å². The Labute approximate surface area is 206 Å². The van der Waals surface area contributed by atoms with Crippen LogP contribution in [0.5, 0.6) is 5.75 Å². The monoisotopic (exact) mass is 488 g/mol. The van der Waals surface area contributed by atoms with Crippen molar-refractivity contribution >= 4 is 22.4 Å². The van der Waals surface area contributed by atoms with Crippen LogP contribution >= 0.6 is 11.6 Å². The molecule has 0 saturated heterocycles. The van der Waals surface area contributed by atoms with Gasteiger partial charge < -0.3 is 14.5 Å². The lowest BCUT2D eigenvalue weighted by Crippen LogP contribution is -2.13. The van der Waals surface area contributed by atoms with Crippen LogP contribution < -0.4 is 4.74 Å². The maximum Gasteiger partial charge on any atom is 0.291 e. The summed E-state index contributed by atoms with van der Waals surface area (Å²) in [5, 5.41) is 16.6. The number of rotatable bonds is 6. The third-order valence-corrected chi connectivity index (χ3v) is 5.70. The first kappa shape index (κ1) is 23.7. The molecule has 3 aromatic carbocycles. The lowest BCUT2D eigenvalue weighted by atomic mass is 9.98. The molecular weight excluding hydrogens is 468 g/mol. The van der Waals surface area contributed by atoms with Crippen molar-refractivity contribution in [1.29, 1.82) is 0 Å². The number of aromatic nitrogens is 3. The smallest absolute Gasteiger partial charge is 0.291 e. The molecule has 0 spiro atoms. The number of imidazole rings is 1. The van der Waals surface area contributed by atoms with Crippen LogP contribution in [0.15, 0.2) is 104 Å². The summed E-state index contributed by atoms with van der Waals surface area (Å²) in [6.45, 7) is 0.425. The van der Waals surface area contributed by atoms with Crippen molar-refractivity contribution in [2.45, 2.75) is 12.6 Å². The molecule has 2 aromatic heterocycles. The Balaban J connectivity index is 0.000000672. The zero-order chi connectivity index (χ0) is 24.6. The van der Waals surface area contributed by atoms with E-state index in [9.17, 15) is 0 Å². The van der Waals surface area contributed by atoms with Crippen molar-refractivity contribution in [3.8, 4) is 5.75 Å². The number of halogens is 1. The van der Waals surface area contributed by atoms with Crippen LogP contribution in [0.2, 0.25) is 5.02 Å². The molecule has 0 radical (unpaired) electrons. The molecule has 5 rings (SSSR count). The molecule has 0 aliphatic carbocycles. The van der Waals surface area contributed by atoms with E-state index in [1.165, 1.54) is 0 Å². The number of nitrogens with zero attached hydrogens (tertiary/aromatic N) is 4. The van der Waals surface area contributed by atoms with E-state index in [1.807, 2.05) is 73.3 Å². The predicted octanol–water partition coefficient (Wildman–Crippen LogP) is 5.95. The van der Waals surface area contributed by atoms with Gasteiger partial charge in [-0.25, -0.2) is 4.98 Å². The van der Waals surface area contributed by atoms with E-state index in [1.54, 1.807) is 6.20 Å². The van der Waals surface area contributed by atoms with E-state index < -0.39 is 5.09 Å². The molecule has 1 unspecified atom stereocenters. The lowest BCUT2D eigenvalue weighted by molar-refractivity contribution is -0.742. The summed E-state index contributed by atoms with van der Waals surface area (Å²) in [5.74, 6) is 0.791. The molecular formula is C26H21ClN4O4. The van der Waals surface area contributed by atoms with Gasteiger partial charge in [0.2, 0.25) is 0 Å². The van der Waals surface area contributed by atoms with Gasteiger partial charge in [0.05, 0.1) is 12.0 Å². The second-order valence-corrected chi connectivity index (χ2v) is 7.92. The Bertz CT molecular complexity index is 1400. The fraction of sp³-hybridized carbons (Fsp3) is 0.0769. The van der Waals surface area contributed by atoms with Gasteiger partial charge in [0.15, 0.2) is 0 Å². The van der Waals surface area contributed by atoms with Gasteiger partial charge in [-0.05, 0) is 35.2 Å². The maximum absolute atomic E-state index is 8.36. The van der Waals surface area contributed by atoms with E-state index in [-0.39, 0.29) is 6.04 Å². The number of ether oxygens (including phenoxy) is 1. The van der Waals surface area contributed by atoms with Gasteiger partial charge >= 0.3 is 0 Å². The van der Waals surface area contributed by atoms with Crippen LogP contribution in [0.25, 0.3) is 10.8 Å². The molecule has 5 aromatic rings. The summed E-state index contributed by atoms with van der Waals surface area (Å²) < 4.78 is 8.03. The zero-order valence-electron chi connectivity index (χ0n) is 18.4. The van der Waals surface area contributed by atoms with Gasteiger partial charge in [-0.3, -0.25) is 4.98 Å². The van der Waals surface area contributed by atoms with Crippen molar-refractivity contribution < 1.29 is 15.0 Å². The summed E-state index contributed by atoms with van der Waals surface area (Å²) in [4.78, 5) is 17.4. The van der Waals surface area contributed by atoms with Gasteiger partial charge in [-0.15, -0.1) is 10.1 Å². The minimum Gasteiger partial charge on any atom is -0.489 e. The van der Waals surface area contributed by atoms with Crippen molar-refractivity contribution in [2.24, 2.45) is 0 Å². The Kier molecular flexibility index (Phi) is 7.54. The number of hydrogen-bond acceptors (Lipinski definition) is 5. The molecule has 1 atom stereocenters. The molecule has 2 heterocycles. The van der Waals surface area contributed by atoms with Crippen molar-refractivity contribution in [3.63, 3.8) is 0 Å². The normalized spacial score (nSPS) is 11.3. The first-order valence-electron chi connectivity index (χ1n) is 10.6. The molecule has 0 bridgehead atoms. The first-order valence-corrected chi connectivity index (χ1v) is 11.0. The van der Waals surface area contributed by atoms with Crippen LogP contribution in [0, 0.1) is 10.1 Å². The van der Waals surface area contributed by atoms with E-state index in [4.69, 9.17) is 36.6 Å². The quantitative estimate of drug-likeness (QED) is 0.234. The fourth-order valence-corrected chi connectivity index (χ4v) is 3.97. The summed E-state index contributed by atoms with van der Waals surface area (Å²) in [6.07, 6.45) is 7.45. The Morgan fingerprint density at radius 1 is 1.00 bits per heavy atom. The Hall–Kier alpha value is -4.43. The summed E-state index contributed by atoms with van der Waals surface area (Å²) in [6, 6.07) is 26.1. The number of hydrogen-bond donors (Lipinski definition) is 1. The standard InChI is InChI=1S/C26H20ClN3O.HNO3/c27-24-8-4-2-6-21(24)17-31-22-11-9-20(10-12-22)26(30-16-15-28-18-30)25-23-7-3-1-5-19(23)13-14-29-25;2-1(3)4/h1-16,18,26H,17H2;(H,2,3,4). The SMILES string of the molecule is Clc1ccccc1COc1ccc(C(c2nccc3ccccc23)n2ccnc2)cc1.O=[N+]([O-])O. The molecule has 0 amide bonds. The third-order valence-electron chi connectivity index (χ3n) is 5.33. The zero-order valence-corrected chi connectivity index (χ0v) is 19.2. The van der Waals surface area contributed by atoms with Crippen LogP contribution in [-0.4, -0.2) is 24.8 Å². The van der Waals surface area contributed by atoms with Gasteiger partial charge in [-0.1, -0.05) is 66.2 Å². The number of benzene rings is 3. The van der Waals surface area contributed by atoms with E-state index >= 15 is 0 Å². The van der Waals surface area contributed by atoms with Gasteiger partial charge in [-0.2, -0.15) is 0 Å². The van der Waals surface area contributed by atoms with E-state index in [0.717, 1.165) is 33.3 Å². The molecule has 176 valence electrons. The molecule has 0 fully saturated rings. The highest BCUT2D eigenvalue weighted by atomic mass is 35.5. The second kappa shape index (κ2) is 11.1. The summed E-state index contributed by atoms with van der Waals surface area (Å²) >= 11 is 6.23. The van der Waals surface area contributed by atoms with Crippen molar-refractivity contribution in [2.75, 3.05) is 0 Å². The average Bonchev–Trinajstić information content (AvgIpc) is 3.39. The lowest BCUT2D eigenvalue weighted by Gasteiger charge is -2.20. The van der Waals surface area contributed by atoms with E-state index in [2.05, 4.69) is 33.8 Å². The van der Waals surface area contributed by atoms with Crippen LogP contribution in [0.3, 0.4) is 0 Å². The molecule has 0 aliphatic heterocycles. The van der Waals surface area contributed by atoms with Crippen molar-refractivity contribution in [1.82, 2.24) is 14.5 Å². The third kappa shape index (κ3) is 5.93. The minimum atomic E-state index is -1.50. The summed E-state index contributed by atoms with van der Waals surface area (Å²) in [5.41, 5.74) is 3.05. The largest absolute Gasteiger partial charge is 0.489 e. The van der Waals surface area contributed by atoms with Gasteiger partial charge in [0, 0.05) is 34.6 Å². The Morgan fingerprint density at radius 3 is 2.43 bits per heavy atom. The van der Waals surface area contributed by atoms with Gasteiger partial charge in [0.25, 0.3) is 5.09 Å². The average molecular weight is 489 g/mol. The Morgan fingerprint density at radius 2 is 1.71 bits per heavy atom. The maximum atomic E-state index is 8.36. The van der Waals surface area contributed by atoms with Crippen LogP contribution in [0.4, 0.5) is 0 Å². The molecule has 9 heteroatoms. The minimum absolute atomic E-state index is 0.0915. The number of fused-ring (bicyclic) bond motifs is 1. The van der Waals surface area contributed by atoms with E-state index in [0.29, 0.717) is 11.6 Å².